The van der Waals surface area contributed by atoms with Gasteiger partial charge in [-0.15, -0.1) is 0 Å². The van der Waals surface area contributed by atoms with Crippen LogP contribution in [0, 0.1) is 0 Å². The maximum atomic E-state index is 13.0. The van der Waals surface area contributed by atoms with Gasteiger partial charge in [-0.05, 0) is 36.9 Å². The Morgan fingerprint density at radius 1 is 1.06 bits per heavy atom. The average Bonchev–Trinajstić information content (AvgIpc) is 2.80. The van der Waals surface area contributed by atoms with Crippen LogP contribution in [0.2, 0.25) is 0 Å². The second-order valence-electron chi connectivity index (χ2n) is 7.66. The molecule has 0 radical (unpaired) electrons. The van der Waals surface area contributed by atoms with Crippen LogP contribution in [-0.2, 0) is 14.9 Å². The Kier molecular flexibility index (Phi) is 7.79. The van der Waals surface area contributed by atoms with Crippen LogP contribution in [0.15, 0.2) is 59.5 Å². The van der Waals surface area contributed by atoms with Gasteiger partial charge in [0.1, 0.15) is 0 Å². The lowest BCUT2D eigenvalue weighted by atomic mass is 10.0. The van der Waals surface area contributed by atoms with E-state index >= 15 is 0 Å². The molecule has 1 N–H and O–H groups in total. The Hall–Kier alpha value is -2.30. The van der Waals surface area contributed by atoms with Crippen LogP contribution in [0.3, 0.4) is 0 Å². The summed E-state index contributed by atoms with van der Waals surface area (Å²) < 4.78 is 25.5. The number of hydroxylamine groups is 1. The highest BCUT2D eigenvalue weighted by atomic mass is 32.2. The quantitative estimate of drug-likeness (QED) is 0.620. The van der Waals surface area contributed by atoms with Gasteiger partial charge in [-0.3, -0.25) is 14.5 Å². The summed E-state index contributed by atoms with van der Waals surface area (Å²) in [5.41, 5.74) is 1.44. The normalized spacial score (nSPS) is 16.9. The van der Waals surface area contributed by atoms with Crippen molar-refractivity contribution in [1.82, 2.24) is 19.6 Å². The molecule has 1 heterocycles. The molecular formula is C22H30N4O4S. The smallest absolute Gasteiger partial charge is 0.264 e. The number of nitrogens with zero attached hydrogens (tertiary/aromatic N) is 3. The molecule has 1 unspecified atom stereocenters. The molecule has 0 saturated carbocycles. The molecule has 0 bridgehead atoms. The van der Waals surface area contributed by atoms with Gasteiger partial charge < -0.3 is 10.2 Å². The first-order chi connectivity index (χ1) is 14.8. The third-order valence-electron chi connectivity index (χ3n) is 5.55. The number of benzene rings is 2. The molecule has 1 amide bonds. The molecule has 1 saturated heterocycles. The fourth-order valence-corrected chi connectivity index (χ4v) is 4.45. The molecule has 0 aliphatic carbocycles. The van der Waals surface area contributed by atoms with Crippen LogP contribution < -0.4 is 5.32 Å². The summed E-state index contributed by atoms with van der Waals surface area (Å²) >= 11 is 0. The summed E-state index contributed by atoms with van der Waals surface area (Å²) in [5.74, 6) is -0.243. The molecule has 2 aromatic carbocycles. The summed E-state index contributed by atoms with van der Waals surface area (Å²) in [6, 6.07) is 15.6. The highest BCUT2D eigenvalue weighted by Gasteiger charge is 2.23. The van der Waals surface area contributed by atoms with Gasteiger partial charge in [0.15, 0.2) is 0 Å². The van der Waals surface area contributed by atoms with Crippen molar-refractivity contribution in [3.8, 4) is 0 Å². The lowest BCUT2D eigenvalue weighted by Gasteiger charge is -2.35. The molecular weight excluding hydrogens is 416 g/mol. The van der Waals surface area contributed by atoms with E-state index in [1.54, 1.807) is 0 Å². The summed E-state index contributed by atoms with van der Waals surface area (Å²) in [6.07, 6.45) is 0. The van der Waals surface area contributed by atoms with Crippen LogP contribution in [0.1, 0.15) is 22.0 Å². The molecule has 31 heavy (non-hydrogen) atoms. The Morgan fingerprint density at radius 3 is 2.26 bits per heavy atom. The van der Waals surface area contributed by atoms with Crippen LogP contribution in [0.25, 0.3) is 0 Å². The average molecular weight is 447 g/mol. The lowest BCUT2D eigenvalue weighted by Crippen LogP contribution is -2.47. The number of amides is 1. The zero-order valence-electron chi connectivity index (χ0n) is 18.2. The van der Waals surface area contributed by atoms with Crippen molar-refractivity contribution in [1.29, 1.82) is 0 Å². The van der Waals surface area contributed by atoms with Gasteiger partial charge in [0.25, 0.3) is 15.9 Å². The largest absolute Gasteiger partial charge is 0.344 e. The maximum Gasteiger partial charge on any atom is 0.264 e. The van der Waals surface area contributed by atoms with E-state index in [1.165, 1.54) is 38.4 Å². The summed E-state index contributed by atoms with van der Waals surface area (Å²) in [7, 11) is 0.960. The Balaban J connectivity index is 1.74. The predicted molar refractivity (Wildman–Crippen MR) is 119 cm³/mol. The van der Waals surface area contributed by atoms with Crippen molar-refractivity contribution < 1.29 is 18.0 Å². The first-order valence-corrected chi connectivity index (χ1v) is 11.6. The van der Waals surface area contributed by atoms with E-state index in [1.807, 2.05) is 30.3 Å². The van der Waals surface area contributed by atoms with Crippen LogP contribution in [-0.4, -0.2) is 82.5 Å². The van der Waals surface area contributed by atoms with Gasteiger partial charge >= 0.3 is 0 Å². The Labute approximate surface area is 184 Å². The molecule has 168 valence electrons. The molecule has 8 nitrogen and oxygen atoms in total. The highest BCUT2D eigenvalue weighted by molar-refractivity contribution is 7.89. The van der Waals surface area contributed by atoms with E-state index in [4.69, 9.17) is 4.84 Å². The molecule has 1 aliphatic heterocycles. The van der Waals surface area contributed by atoms with Crippen molar-refractivity contribution in [2.75, 3.05) is 53.9 Å². The summed E-state index contributed by atoms with van der Waals surface area (Å²) in [6.45, 7) is 4.63. The minimum atomic E-state index is -3.75. The molecule has 0 aromatic heterocycles. The van der Waals surface area contributed by atoms with Crippen LogP contribution in [0.4, 0.5) is 0 Å². The fourth-order valence-electron chi connectivity index (χ4n) is 3.47. The number of hydrogen-bond donors (Lipinski definition) is 1. The van der Waals surface area contributed by atoms with Crippen molar-refractivity contribution in [2.45, 2.75) is 10.9 Å². The topological polar surface area (TPSA) is 82.2 Å². The molecule has 3 rings (SSSR count). The zero-order valence-corrected chi connectivity index (χ0v) is 19.0. The molecule has 2 aromatic rings. The Bertz CT molecular complexity index is 959. The van der Waals surface area contributed by atoms with E-state index in [0.717, 1.165) is 36.2 Å². The summed E-state index contributed by atoms with van der Waals surface area (Å²) in [5, 5.41) is 3.12. The van der Waals surface area contributed by atoms with Crippen LogP contribution >= 0.6 is 0 Å². The number of nitrogens with one attached hydrogen (secondary N) is 1. The fraction of sp³-hybridized carbons (Fsp3) is 0.409. The third-order valence-corrected chi connectivity index (χ3v) is 7.25. The molecule has 1 aliphatic rings. The number of rotatable bonds is 8. The number of carbonyl (C=O) groups is 1. The standard InChI is InChI=1S/C22H30N4O4S/c1-24-13-15-26(16-14-24)17-21(18-7-5-4-6-8-18)23-22(27)19-9-11-20(12-10-19)31(28,29)25(2)30-3/h4-12,21H,13-17H2,1-3H3,(H,23,27). The zero-order chi connectivity index (χ0) is 22.4. The minimum Gasteiger partial charge on any atom is -0.344 e. The van der Waals surface area contributed by atoms with Gasteiger partial charge in [0.2, 0.25) is 0 Å². The third kappa shape index (κ3) is 5.90. The number of hydrogen-bond acceptors (Lipinski definition) is 6. The summed E-state index contributed by atoms with van der Waals surface area (Å²) in [4.78, 5) is 22.4. The first kappa shape index (κ1) is 23.4. The second-order valence-corrected chi connectivity index (χ2v) is 9.60. The van der Waals surface area contributed by atoms with Crippen LogP contribution in [0.5, 0.6) is 0 Å². The maximum absolute atomic E-state index is 13.0. The van der Waals surface area contributed by atoms with E-state index in [2.05, 4.69) is 22.2 Å². The number of piperazine rings is 1. The monoisotopic (exact) mass is 446 g/mol. The van der Waals surface area contributed by atoms with Crippen molar-refractivity contribution >= 4 is 15.9 Å². The lowest BCUT2D eigenvalue weighted by molar-refractivity contribution is -0.0258. The minimum absolute atomic E-state index is 0.0606. The molecule has 0 spiro atoms. The van der Waals surface area contributed by atoms with E-state index in [-0.39, 0.29) is 16.8 Å². The van der Waals surface area contributed by atoms with Crippen molar-refractivity contribution in [3.63, 3.8) is 0 Å². The van der Waals surface area contributed by atoms with Crippen molar-refractivity contribution in [2.24, 2.45) is 0 Å². The Morgan fingerprint density at radius 2 is 1.68 bits per heavy atom. The van der Waals surface area contributed by atoms with Crippen molar-refractivity contribution in [3.05, 3.63) is 65.7 Å². The second kappa shape index (κ2) is 10.3. The number of carbonyl (C=O) groups excluding carboxylic acids is 1. The first-order valence-electron chi connectivity index (χ1n) is 10.2. The number of likely N-dealkylation sites (N-methyl/N-ethyl adjacent to an activating group) is 1. The van der Waals surface area contributed by atoms with Gasteiger partial charge in [0, 0.05) is 45.3 Å². The molecule has 1 fully saturated rings. The van der Waals surface area contributed by atoms with Gasteiger partial charge in [-0.1, -0.05) is 34.8 Å². The number of sulfonamides is 1. The van der Waals surface area contributed by atoms with E-state index in [9.17, 15) is 13.2 Å². The van der Waals surface area contributed by atoms with E-state index < -0.39 is 10.0 Å². The highest BCUT2D eigenvalue weighted by Crippen LogP contribution is 2.18. The van der Waals surface area contributed by atoms with Gasteiger partial charge in [-0.2, -0.15) is 0 Å². The predicted octanol–water partition coefficient (Wildman–Crippen LogP) is 1.59. The SMILES string of the molecule is CON(C)S(=O)(=O)c1ccc(C(=O)NC(CN2CCN(C)CC2)c2ccccc2)cc1. The van der Waals surface area contributed by atoms with Gasteiger partial charge in [0.05, 0.1) is 18.0 Å². The van der Waals surface area contributed by atoms with E-state index in [0.29, 0.717) is 12.1 Å². The van der Waals surface area contributed by atoms with Gasteiger partial charge in [-0.25, -0.2) is 8.42 Å². The molecule has 1 atom stereocenters. The molecule has 9 heteroatoms.